The molecule has 0 saturated carbocycles. The number of aryl methyl sites for hydroxylation is 1. The van der Waals surface area contributed by atoms with Gasteiger partial charge in [-0.1, -0.05) is 11.5 Å². The number of pyridine rings is 3. The van der Waals surface area contributed by atoms with Gasteiger partial charge in [0.1, 0.15) is 19.4 Å². The molecular formula is C15H11BN4O. The van der Waals surface area contributed by atoms with Crippen molar-refractivity contribution in [2.75, 3.05) is 5.32 Å². The van der Waals surface area contributed by atoms with Crippen molar-refractivity contribution >= 4 is 36.1 Å². The summed E-state index contributed by atoms with van der Waals surface area (Å²) < 4.78 is 0. The van der Waals surface area contributed by atoms with Gasteiger partial charge in [0.15, 0.2) is 5.65 Å². The van der Waals surface area contributed by atoms with Gasteiger partial charge in [-0.05, 0) is 37.3 Å². The standard InChI is InChI=1S/C15H11BN4O/c1-9-11(16)5-6-12(18-9)15(21)20-13-7-4-10-3-2-8-17-14(10)19-13/h2-8H,1H3,(H,17,19,20,21). The highest BCUT2D eigenvalue weighted by atomic mass is 16.1. The lowest BCUT2D eigenvalue weighted by Gasteiger charge is -2.06. The second-order valence-electron chi connectivity index (χ2n) is 4.57. The zero-order valence-electron chi connectivity index (χ0n) is 11.4. The van der Waals surface area contributed by atoms with E-state index >= 15 is 0 Å². The summed E-state index contributed by atoms with van der Waals surface area (Å²) in [7, 11) is 5.69. The van der Waals surface area contributed by atoms with Crippen LogP contribution in [0, 0.1) is 6.92 Å². The van der Waals surface area contributed by atoms with Gasteiger partial charge in [-0.2, -0.15) is 0 Å². The number of nitrogens with one attached hydrogen (secondary N) is 1. The number of anilines is 1. The Balaban J connectivity index is 1.87. The van der Waals surface area contributed by atoms with Gasteiger partial charge in [-0.15, -0.1) is 0 Å². The second-order valence-corrected chi connectivity index (χ2v) is 4.57. The highest BCUT2D eigenvalue weighted by Crippen LogP contribution is 2.13. The highest BCUT2D eigenvalue weighted by Gasteiger charge is 2.09. The van der Waals surface area contributed by atoms with E-state index in [1.165, 1.54) is 0 Å². The van der Waals surface area contributed by atoms with Crippen LogP contribution in [0.15, 0.2) is 42.6 Å². The maximum absolute atomic E-state index is 12.1. The summed E-state index contributed by atoms with van der Waals surface area (Å²) in [5.74, 6) is 0.100. The average Bonchev–Trinajstić information content (AvgIpc) is 2.50. The number of hydrogen-bond acceptors (Lipinski definition) is 4. The normalized spacial score (nSPS) is 10.5. The zero-order valence-corrected chi connectivity index (χ0v) is 11.4. The van der Waals surface area contributed by atoms with E-state index in [0.29, 0.717) is 28.3 Å². The predicted octanol–water partition coefficient (Wildman–Crippen LogP) is 1.38. The Morgan fingerprint density at radius 2 is 2.00 bits per heavy atom. The fourth-order valence-electron chi connectivity index (χ4n) is 1.90. The monoisotopic (exact) mass is 274 g/mol. The van der Waals surface area contributed by atoms with E-state index in [0.717, 1.165) is 5.39 Å². The van der Waals surface area contributed by atoms with Crippen molar-refractivity contribution in [1.82, 2.24) is 15.0 Å². The molecule has 0 unspecified atom stereocenters. The summed E-state index contributed by atoms with van der Waals surface area (Å²) in [5, 5.41) is 3.62. The maximum atomic E-state index is 12.1. The first-order chi connectivity index (χ1) is 10.1. The molecular weight excluding hydrogens is 263 g/mol. The smallest absolute Gasteiger partial charge is 0.275 e. The number of carbonyl (C=O) groups is 1. The summed E-state index contributed by atoms with van der Waals surface area (Å²) in [4.78, 5) is 24.7. The minimum atomic E-state index is -0.333. The Hall–Kier alpha value is -2.76. The number of aromatic nitrogens is 3. The Bertz CT molecular complexity index is 835. The Morgan fingerprint density at radius 1 is 1.14 bits per heavy atom. The number of carbonyl (C=O) groups excluding carboxylic acids is 1. The van der Waals surface area contributed by atoms with Crippen LogP contribution in [0.1, 0.15) is 16.2 Å². The summed E-state index contributed by atoms with van der Waals surface area (Å²) in [6.45, 7) is 1.75. The molecule has 1 N–H and O–H groups in total. The van der Waals surface area contributed by atoms with E-state index in [9.17, 15) is 4.79 Å². The summed E-state index contributed by atoms with van der Waals surface area (Å²) in [6.07, 6.45) is 1.66. The molecule has 100 valence electrons. The molecule has 0 aromatic carbocycles. The quantitative estimate of drug-likeness (QED) is 0.717. The van der Waals surface area contributed by atoms with Gasteiger partial charge in [0, 0.05) is 17.3 Å². The fourth-order valence-corrected chi connectivity index (χ4v) is 1.90. The van der Waals surface area contributed by atoms with E-state index in [4.69, 9.17) is 7.85 Å². The highest BCUT2D eigenvalue weighted by molar-refractivity contribution is 6.33. The number of nitrogens with zero attached hydrogens (tertiary/aromatic N) is 3. The Morgan fingerprint density at radius 3 is 2.81 bits per heavy atom. The van der Waals surface area contributed by atoms with Crippen molar-refractivity contribution in [2.24, 2.45) is 0 Å². The largest absolute Gasteiger partial charge is 0.305 e. The molecule has 3 heterocycles. The molecule has 0 aliphatic heterocycles. The van der Waals surface area contributed by atoms with Gasteiger partial charge >= 0.3 is 0 Å². The van der Waals surface area contributed by atoms with Crippen molar-refractivity contribution in [1.29, 1.82) is 0 Å². The van der Waals surface area contributed by atoms with Crippen LogP contribution in [-0.2, 0) is 0 Å². The van der Waals surface area contributed by atoms with Gasteiger partial charge in [0.25, 0.3) is 5.91 Å². The second kappa shape index (κ2) is 5.32. The molecule has 0 bridgehead atoms. The van der Waals surface area contributed by atoms with Gasteiger partial charge in [0.2, 0.25) is 0 Å². The molecule has 0 aliphatic rings. The topological polar surface area (TPSA) is 67.8 Å². The molecule has 0 aliphatic carbocycles. The molecule has 3 aromatic heterocycles. The third-order valence-electron chi connectivity index (χ3n) is 3.06. The van der Waals surface area contributed by atoms with Crippen molar-refractivity contribution in [3.63, 3.8) is 0 Å². The minimum Gasteiger partial charge on any atom is -0.305 e. The first-order valence-electron chi connectivity index (χ1n) is 6.40. The third-order valence-corrected chi connectivity index (χ3v) is 3.06. The lowest BCUT2D eigenvalue weighted by atomic mass is 9.94. The average molecular weight is 274 g/mol. The van der Waals surface area contributed by atoms with Gasteiger partial charge < -0.3 is 5.32 Å². The zero-order chi connectivity index (χ0) is 14.8. The third kappa shape index (κ3) is 2.74. The summed E-state index contributed by atoms with van der Waals surface area (Å²) in [6, 6.07) is 10.6. The molecule has 21 heavy (non-hydrogen) atoms. The van der Waals surface area contributed by atoms with E-state index in [-0.39, 0.29) is 5.91 Å². The van der Waals surface area contributed by atoms with Crippen molar-refractivity contribution in [2.45, 2.75) is 6.92 Å². The van der Waals surface area contributed by atoms with Gasteiger partial charge in [-0.3, -0.25) is 4.79 Å². The molecule has 0 spiro atoms. The number of amides is 1. The van der Waals surface area contributed by atoms with Crippen LogP contribution < -0.4 is 10.8 Å². The molecule has 6 heteroatoms. The van der Waals surface area contributed by atoms with Crippen LogP contribution in [0.2, 0.25) is 0 Å². The molecule has 1 amide bonds. The summed E-state index contributed by atoms with van der Waals surface area (Å²) in [5.41, 5.74) is 2.05. The molecule has 0 fully saturated rings. The van der Waals surface area contributed by atoms with E-state index < -0.39 is 0 Å². The predicted molar refractivity (Wildman–Crippen MR) is 81.9 cm³/mol. The maximum Gasteiger partial charge on any atom is 0.275 e. The van der Waals surface area contributed by atoms with E-state index in [2.05, 4.69) is 20.3 Å². The number of rotatable bonds is 2. The first kappa shape index (κ1) is 13.2. The van der Waals surface area contributed by atoms with Gasteiger partial charge in [0.05, 0.1) is 0 Å². The van der Waals surface area contributed by atoms with Gasteiger partial charge in [-0.25, -0.2) is 15.0 Å². The first-order valence-corrected chi connectivity index (χ1v) is 6.40. The number of hydrogen-bond donors (Lipinski definition) is 1. The lowest BCUT2D eigenvalue weighted by molar-refractivity contribution is 0.102. The molecule has 0 atom stereocenters. The van der Waals surface area contributed by atoms with Crippen LogP contribution in [0.4, 0.5) is 5.82 Å². The molecule has 3 aromatic rings. The SMILES string of the molecule is [B]c1ccc(C(=O)Nc2ccc3cccnc3n2)nc1C. The lowest BCUT2D eigenvalue weighted by Crippen LogP contribution is -2.18. The van der Waals surface area contributed by atoms with Crippen molar-refractivity contribution in [3.05, 3.63) is 54.0 Å². The Kier molecular flexibility index (Phi) is 3.35. The molecule has 3 rings (SSSR count). The molecule has 0 saturated heterocycles. The van der Waals surface area contributed by atoms with Crippen LogP contribution in [0.5, 0.6) is 0 Å². The summed E-state index contributed by atoms with van der Waals surface area (Å²) >= 11 is 0. The van der Waals surface area contributed by atoms with Crippen LogP contribution in [-0.4, -0.2) is 28.7 Å². The van der Waals surface area contributed by atoms with Crippen molar-refractivity contribution < 1.29 is 4.79 Å². The van der Waals surface area contributed by atoms with E-state index in [1.54, 1.807) is 31.3 Å². The fraction of sp³-hybridized carbons (Fsp3) is 0.0667. The molecule has 2 radical (unpaired) electrons. The molecule has 5 nitrogen and oxygen atoms in total. The van der Waals surface area contributed by atoms with E-state index in [1.807, 2.05) is 18.2 Å². The number of fused-ring (bicyclic) bond motifs is 1. The van der Waals surface area contributed by atoms with Crippen LogP contribution in [0.25, 0.3) is 11.0 Å². The minimum absolute atomic E-state index is 0.296. The van der Waals surface area contributed by atoms with Crippen molar-refractivity contribution in [3.8, 4) is 0 Å². The Labute approximate surface area is 122 Å². The van der Waals surface area contributed by atoms with Crippen LogP contribution >= 0.6 is 0 Å². The van der Waals surface area contributed by atoms with Crippen LogP contribution in [0.3, 0.4) is 0 Å².